The zero-order valence-corrected chi connectivity index (χ0v) is 27.5. The predicted octanol–water partition coefficient (Wildman–Crippen LogP) is 1.51. The minimum atomic E-state index is -0.377. The molecular weight excluding hydrogens is 708 g/mol. The summed E-state index contributed by atoms with van der Waals surface area (Å²) in [5, 5.41) is 4.82. The Morgan fingerprint density at radius 3 is 2.77 bits per heavy atom. The number of hydrogen-bond donors (Lipinski definition) is 1. The van der Waals surface area contributed by atoms with E-state index >= 15 is 4.39 Å². The quantitative estimate of drug-likeness (QED) is 0.102. The van der Waals surface area contributed by atoms with Crippen molar-refractivity contribution in [2.45, 2.75) is 66.2 Å². The molecule has 1 N–H and O–H groups in total. The van der Waals surface area contributed by atoms with Crippen molar-refractivity contribution in [3.8, 4) is 11.4 Å². The summed E-state index contributed by atoms with van der Waals surface area (Å²) in [7, 11) is 0. The van der Waals surface area contributed by atoms with Gasteiger partial charge in [-0.3, -0.25) is 4.79 Å². The minimum absolute atomic E-state index is 0. The molecule has 1 atom stereocenters. The number of rotatable bonds is 7. The molecule has 0 amide bonds. The molecular formula is C30H33FIMoN3O4-2. The summed E-state index contributed by atoms with van der Waals surface area (Å²) in [5.74, 6) is -0.124. The molecule has 6 rings (SSSR count). The Kier molecular flexibility index (Phi) is 8.25. The molecule has 0 fully saturated rings. The molecule has 3 aromatic rings. The number of alkyl halides is 1. The number of ether oxygens (including phenoxy) is 1. The first-order valence-electron chi connectivity index (χ1n) is 13.4. The van der Waals surface area contributed by atoms with Crippen LogP contribution in [0, 0.1) is 24.1 Å². The average molecular weight is 741 g/mol. The van der Waals surface area contributed by atoms with E-state index in [0.717, 1.165) is 41.5 Å². The predicted molar refractivity (Wildman–Crippen MR) is 142 cm³/mol. The molecule has 3 aliphatic rings. The first-order chi connectivity index (χ1) is 18.6. The summed E-state index contributed by atoms with van der Waals surface area (Å²) in [5.41, 5.74) is 6.77. The van der Waals surface area contributed by atoms with Crippen LogP contribution in [0.4, 0.5) is 4.39 Å². The largest absolute Gasteiger partial charge is 0 e. The molecule has 214 valence electrons. The normalized spacial score (nSPS) is 17.4. The van der Waals surface area contributed by atoms with Gasteiger partial charge in [0.15, 0.2) is 0 Å². The first-order valence-corrected chi connectivity index (χ1v) is 16.5. The molecule has 7 nitrogen and oxygen atoms in total. The molecule has 0 saturated carbocycles. The Balaban J connectivity index is 0.00000323. The summed E-state index contributed by atoms with van der Waals surface area (Å²) in [6, 6.07) is 3.49. The van der Waals surface area contributed by atoms with Crippen LogP contribution in [-0.4, -0.2) is 33.6 Å². The fraction of sp³-hybridized carbons (Fsp3) is 0.467. The summed E-state index contributed by atoms with van der Waals surface area (Å²) < 4.78 is 28.0. The van der Waals surface area contributed by atoms with Crippen LogP contribution >= 0.6 is 0 Å². The number of carbonyl (C=O) groups is 1. The third-order valence-electron chi connectivity index (χ3n) is 8.39. The van der Waals surface area contributed by atoms with Gasteiger partial charge in [0, 0.05) is 21.1 Å². The number of halogens is 2. The van der Waals surface area contributed by atoms with Crippen LogP contribution in [0.15, 0.2) is 16.9 Å². The Morgan fingerprint density at radius 2 is 2.05 bits per heavy atom. The standard InChI is InChI=1S/C30H33FIN3O4.Mo/c1-6-16-18-9-24-27-19(11-35(24)28(36)20(18)12-38-29(16)37)26-22(33-13-30(3,4)14-39-32-5)8-7-17-15(2)21(31)10-23(34-27)25(17)26;/h9-10,22,33H,6-8,11-14H2,1-5H3;/q-2;/t22-;/m0./s1. The van der Waals surface area contributed by atoms with Gasteiger partial charge in [0.1, 0.15) is 0 Å². The topological polar surface area (TPSA) is 82.5 Å². The van der Waals surface area contributed by atoms with E-state index in [1.165, 1.54) is 6.07 Å². The van der Waals surface area contributed by atoms with Gasteiger partial charge in [0.25, 0.3) is 5.97 Å². The van der Waals surface area contributed by atoms with Gasteiger partial charge in [0.05, 0.1) is 6.61 Å². The van der Waals surface area contributed by atoms with E-state index in [0.29, 0.717) is 59.1 Å². The van der Waals surface area contributed by atoms with Gasteiger partial charge in [0.2, 0.25) is 0 Å². The summed E-state index contributed by atoms with van der Waals surface area (Å²) in [6.07, 6.45) is 2.06. The van der Waals surface area contributed by atoms with Gasteiger partial charge in [-0.1, -0.05) is 19.3 Å². The minimum Gasteiger partial charge on any atom is 0 e. The Hall–Kier alpha value is -1.81. The number of fused-ring (bicyclic) bond motifs is 5. The van der Waals surface area contributed by atoms with Gasteiger partial charge < -0.3 is 4.74 Å². The van der Waals surface area contributed by atoms with E-state index in [2.05, 4.69) is 24.1 Å². The molecule has 4 heterocycles. The van der Waals surface area contributed by atoms with Crippen molar-refractivity contribution in [1.29, 1.82) is 0 Å². The van der Waals surface area contributed by atoms with Crippen molar-refractivity contribution in [3.05, 3.63) is 67.6 Å². The van der Waals surface area contributed by atoms with E-state index < -0.39 is 0 Å². The van der Waals surface area contributed by atoms with Gasteiger partial charge in [-0.05, 0) is 0 Å². The van der Waals surface area contributed by atoms with E-state index in [-0.39, 0.29) is 78.1 Å². The van der Waals surface area contributed by atoms with Crippen LogP contribution in [0.1, 0.15) is 73.0 Å². The monoisotopic (exact) mass is 743 g/mol. The van der Waals surface area contributed by atoms with Crippen molar-refractivity contribution >= 4 is 16.9 Å². The van der Waals surface area contributed by atoms with E-state index in [4.69, 9.17) is 12.8 Å². The maximum atomic E-state index is 15.1. The molecule has 1 aromatic carbocycles. The van der Waals surface area contributed by atoms with Crippen LogP contribution in [0.25, 0.3) is 22.3 Å². The second kappa shape index (κ2) is 11.1. The second-order valence-corrected chi connectivity index (χ2v) is 13.0. The fourth-order valence-corrected chi connectivity index (χ4v) is 7.43. The number of hydrogen-bond acceptors (Lipinski definition) is 6. The third kappa shape index (κ3) is 4.74. The summed E-state index contributed by atoms with van der Waals surface area (Å²) in [6.45, 7) is 9.97. The number of nitrogens with one attached hydrogen (secondary N) is 1. The third-order valence-corrected chi connectivity index (χ3v) is 9.32. The number of esters is 1. The number of aromatic nitrogens is 2. The van der Waals surface area contributed by atoms with Gasteiger partial charge in [-0.25, -0.2) is 0 Å². The average Bonchev–Trinajstić information content (AvgIpc) is 3.28. The molecule has 0 bridgehead atoms. The summed E-state index contributed by atoms with van der Waals surface area (Å²) >= 11 is -0.238. The number of aryl methyl sites for hydroxylation is 1. The number of cyclic esters (lactones) is 1. The Morgan fingerprint density at radius 1 is 1.27 bits per heavy atom. The smallest absolute Gasteiger partial charge is 0 e. The molecule has 10 heteroatoms. The number of nitrogens with zero attached hydrogens (tertiary/aromatic N) is 2. The molecule has 2 aliphatic heterocycles. The number of carbonyl (C=O) groups excluding carboxylic acids is 1. The molecule has 0 spiro atoms. The molecule has 0 radical (unpaired) electrons. The maximum Gasteiger partial charge on any atom is 0 e. The molecule has 2 aromatic heterocycles. The van der Waals surface area contributed by atoms with Crippen molar-refractivity contribution < 1.29 is 59.7 Å². The summed E-state index contributed by atoms with van der Waals surface area (Å²) in [4.78, 5) is 33.3. The van der Waals surface area contributed by atoms with Crippen molar-refractivity contribution in [2.24, 2.45) is 5.41 Å². The number of pyridine rings is 2. The van der Waals surface area contributed by atoms with E-state index in [1.807, 2.05) is 19.9 Å². The van der Waals surface area contributed by atoms with Gasteiger partial charge >= 0.3 is 198 Å². The van der Waals surface area contributed by atoms with Crippen molar-refractivity contribution in [3.63, 3.8) is 0 Å². The molecule has 1 aliphatic carbocycles. The zero-order chi connectivity index (χ0) is 27.6. The Labute approximate surface area is 258 Å². The second-order valence-electron chi connectivity index (χ2n) is 11.5. The van der Waals surface area contributed by atoms with E-state index in [1.54, 1.807) is 4.57 Å². The van der Waals surface area contributed by atoms with Crippen molar-refractivity contribution in [2.75, 3.05) is 18.1 Å². The zero-order valence-electron chi connectivity index (χ0n) is 23.4. The molecule has 0 saturated heterocycles. The van der Waals surface area contributed by atoms with E-state index in [9.17, 15) is 9.59 Å². The Bertz CT molecular complexity index is 1590. The van der Waals surface area contributed by atoms with Gasteiger partial charge in [-0.2, -0.15) is 0 Å². The molecule has 0 unspecified atom stereocenters. The van der Waals surface area contributed by atoms with Gasteiger partial charge in [-0.15, -0.1) is 0 Å². The van der Waals surface area contributed by atoms with Crippen LogP contribution in [-0.2, 0) is 53.2 Å². The maximum absolute atomic E-state index is 15.1. The van der Waals surface area contributed by atoms with Crippen LogP contribution in [0.2, 0.25) is 0 Å². The van der Waals surface area contributed by atoms with Crippen LogP contribution in [0.3, 0.4) is 0 Å². The van der Waals surface area contributed by atoms with Crippen molar-refractivity contribution in [1.82, 2.24) is 14.9 Å². The SMILES string of the molecule is CC[C-]1C(=O)OCc2c1cc1n(c2=O)Cc2c-1nc1cc(F)c(C)c3c1c2[C@@H](NCC(C)(C)CO[I-]C)CC3.[Mo]. The first kappa shape index (κ1) is 29.7. The van der Waals surface area contributed by atoms with Crippen LogP contribution in [0.5, 0.6) is 0 Å². The molecule has 40 heavy (non-hydrogen) atoms. The number of benzene rings is 1. The van der Waals surface area contributed by atoms with Crippen LogP contribution < -0.4 is 32.5 Å². The fourth-order valence-electron chi connectivity index (χ4n) is 6.28.